The third-order valence-corrected chi connectivity index (χ3v) is 3.70. The molecule has 0 heterocycles. The molecule has 0 aliphatic rings. The van der Waals surface area contributed by atoms with Gasteiger partial charge in [0.15, 0.2) is 0 Å². The standard InChI is InChI=1S/C13H17ClF3NS/c1-18-9-11(5-6-19-13(15,16)17)7-10-3-2-4-12(14)8-10/h2-4,8,11,18H,5-7,9H2,1H3. The Balaban J connectivity index is 2.48. The minimum absolute atomic E-state index is 0.0476. The van der Waals surface area contributed by atoms with Crippen LogP contribution in [0.15, 0.2) is 24.3 Å². The van der Waals surface area contributed by atoms with Crippen LogP contribution in [-0.2, 0) is 6.42 Å². The Hall–Kier alpha value is -0.390. The third-order valence-electron chi connectivity index (χ3n) is 2.70. The summed E-state index contributed by atoms with van der Waals surface area (Å²) in [5.41, 5.74) is -3.08. The van der Waals surface area contributed by atoms with Crippen LogP contribution in [0.3, 0.4) is 0 Å². The summed E-state index contributed by atoms with van der Waals surface area (Å²) >= 11 is 5.95. The summed E-state index contributed by atoms with van der Waals surface area (Å²) in [5.74, 6) is 0.273. The Morgan fingerprint density at radius 2 is 2.11 bits per heavy atom. The molecule has 0 saturated carbocycles. The van der Waals surface area contributed by atoms with Gasteiger partial charge in [0.25, 0.3) is 0 Å². The number of benzene rings is 1. The summed E-state index contributed by atoms with van der Waals surface area (Å²) in [6, 6.07) is 7.46. The van der Waals surface area contributed by atoms with Crippen molar-refractivity contribution in [3.63, 3.8) is 0 Å². The van der Waals surface area contributed by atoms with Gasteiger partial charge in [0.1, 0.15) is 0 Å². The van der Waals surface area contributed by atoms with Gasteiger partial charge >= 0.3 is 5.51 Å². The average molecular weight is 312 g/mol. The molecule has 0 aromatic heterocycles. The Morgan fingerprint density at radius 1 is 1.37 bits per heavy atom. The molecule has 0 aliphatic heterocycles. The molecule has 1 unspecified atom stereocenters. The van der Waals surface area contributed by atoms with Gasteiger partial charge in [0, 0.05) is 10.8 Å². The van der Waals surface area contributed by atoms with Gasteiger partial charge in [-0.25, -0.2) is 0 Å². The molecule has 6 heteroatoms. The van der Waals surface area contributed by atoms with E-state index in [2.05, 4.69) is 5.32 Å². The largest absolute Gasteiger partial charge is 0.441 e. The van der Waals surface area contributed by atoms with Crippen LogP contribution in [0.5, 0.6) is 0 Å². The van der Waals surface area contributed by atoms with E-state index in [-0.39, 0.29) is 23.4 Å². The molecule has 1 rings (SSSR count). The summed E-state index contributed by atoms with van der Waals surface area (Å²) in [6.45, 7) is 0.699. The second-order valence-corrected chi connectivity index (χ2v) is 5.94. The Labute approximate surface area is 120 Å². The number of alkyl halides is 3. The van der Waals surface area contributed by atoms with Crippen LogP contribution in [0.2, 0.25) is 5.02 Å². The first-order valence-corrected chi connectivity index (χ1v) is 7.37. The first-order valence-electron chi connectivity index (χ1n) is 6.00. The van der Waals surface area contributed by atoms with Gasteiger partial charge in [-0.05, 0) is 50.0 Å². The van der Waals surface area contributed by atoms with Crippen molar-refractivity contribution in [1.82, 2.24) is 5.32 Å². The van der Waals surface area contributed by atoms with Gasteiger partial charge < -0.3 is 5.32 Å². The monoisotopic (exact) mass is 311 g/mol. The highest BCUT2D eigenvalue weighted by molar-refractivity contribution is 8.00. The lowest BCUT2D eigenvalue weighted by Gasteiger charge is -2.17. The van der Waals surface area contributed by atoms with E-state index in [1.165, 1.54) is 0 Å². The van der Waals surface area contributed by atoms with Crippen molar-refractivity contribution in [2.24, 2.45) is 5.92 Å². The van der Waals surface area contributed by atoms with Crippen LogP contribution in [0.4, 0.5) is 13.2 Å². The summed E-state index contributed by atoms with van der Waals surface area (Å²) in [4.78, 5) is 0. The zero-order valence-electron chi connectivity index (χ0n) is 10.6. The van der Waals surface area contributed by atoms with Crippen LogP contribution >= 0.6 is 23.4 Å². The highest BCUT2D eigenvalue weighted by atomic mass is 35.5. The number of halogens is 4. The van der Waals surface area contributed by atoms with E-state index in [4.69, 9.17) is 11.6 Å². The fourth-order valence-electron chi connectivity index (χ4n) is 1.90. The Morgan fingerprint density at radius 3 is 2.68 bits per heavy atom. The smallest absolute Gasteiger partial charge is 0.319 e. The first-order chi connectivity index (χ1) is 8.90. The fourth-order valence-corrected chi connectivity index (χ4v) is 2.80. The van der Waals surface area contributed by atoms with E-state index >= 15 is 0 Å². The number of hydrogen-bond acceptors (Lipinski definition) is 2. The number of hydrogen-bond donors (Lipinski definition) is 1. The molecule has 0 amide bonds. The van der Waals surface area contributed by atoms with Crippen molar-refractivity contribution in [2.45, 2.75) is 18.3 Å². The quantitative estimate of drug-likeness (QED) is 0.803. The molecule has 1 aromatic rings. The van der Waals surface area contributed by atoms with E-state index < -0.39 is 5.51 Å². The number of rotatable bonds is 7. The lowest BCUT2D eigenvalue weighted by atomic mass is 9.97. The normalized spacial score (nSPS) is 13.5. The van der Waals surface area contributed by atoms with E-state index in [1.54, 1.807) is 6.07 Å². The summed E-state index contributed by atoms with van der Waals surface area (Å²) in [6.07, 6.45) is 1.26. The fraction of sp³-hybridized carbons (Fsp3) is 0.538. The molecule has 0 saturated heterocycles. The van der Waals surface area contributed by atoms with E-state index in [0.717, 1.165) is 12.0 Å². The molecule has 1 atom stereocenters. The molecule has 0 bridgehead atoms. The van der Waals surface area contributed by atoms with Gasteiger partial charge in [0.2, 0.25) is 0 Å². The number of nitrogens with one attached hydrogen (secondary N) is 1. The van der Waals surface area contributed by atoms with Crippen LogP contribution in [0, 0.1) is 5.92 Å². The lowest BCUT2D eigenvalue weighted by Crippen LogP contribution is -2.22. The van der Waals surface area contributed by atoms with Crippen LogP contribution < -0.4 is 5.32 Å². The van der Waals surface area contributed by atoms with Gasteiger partial charge in [-0.2, -0.15) is 13.2 Å². The molecule has 0 aliphatic carbocycles. The molecule has 19 heavy (non-hydrogen) atoms. The molecule has 1 nitrogen and oxygen atoms in total. The second kappa shape index (κ2) is 8.02. The first kappa shape index (κ1) is 16.7. The minimum atomic E-state index is -4.14. The predicted octanol–water partition coefficient (Wildman–Crippen LogP) is 4.36. The van der Waals surface area contributed by atoms with Crippen LogP contribution in [0.1, 0.15) is 12.0 Å². The molecular formula is C13H17ClF3NS. The molecule has 0 radical (unpaired) electrons. The third kappa shape index (κ3) is 7.70. The van der Waals surface area contributed by atoms with Gasteiger partial charge in [-0.15, -0.1) is 0 Å². The SMILES string of the molecule is CNCC(CCSC(F)(F)F)Cc1cccc(Cl)c1. The molecule has 0 fully saturated rings. The van der Waals surface area contributed by atoms with Crippen molar-refractivity contribution < 1.29 is 13.2 Å². The van der Waals surface area contributed by atoms with E-state index in [1.807, 2.05) is 25.2 Å². The molecule has 108 valence electrons. The van der Waals surface area contributed by atoms with E-state index in [9.17, 15) is 13.2 Å². The van der Waals surface area contributed by atoms with Crippen molar-refractivity contribution in [2.75, 3.05) is 19.3 Å². The highest BCUT2D eigenvalue weighted by Gasteiger charge is 2.28. The molecule has 1 aromatic carbocycles. The van der Waals surface area contributed by atoms with Crippen molar-refractivity contribution in [3.8, 4) is 0 Å². The maximum absolute atomic E-state index is 12.1. The molecular weight excluding hydrogens is 295 g/mol. The van der Waals surface area contributed by atoms with Crippen molar-refractivity contribution in [1.29, 1.82) is 0 Å². The summed E-state index contributed by atoms with van der Waals surface area (Å²) in [5, 5.41) is 3.68. The lowest BCUT2D eigenvalue weighted by molar-refractivity contribution is -0.0328. The maximum Gasteiger partial charge on any atom is 0.441 e. The second-order valence-electron chi connectivity index (χ2n) is 4.34. The predicted molar refractivity (Wildman–Crippen MR) is 75.7 cm³/mol. The molecule has 0 spiro atoms. The van der Waals surface area contributed by atoms with Crippen molar-refractivity contribution >= 4 is 23.4 Å². The highest BCUT2D eigenvalue weighted by Crippen LogP contribution is 2.31. The topological polar surface area (TPSA) is 12.0 Å². The van der Waals surface area contributed by atoms with Gasteiger partial charge in [-0.3, -0.25) is 0 Å². The molecule has 1 N–H and O–H groups in total. The van der Waals surface area contributed by atoms with Crippen LogP contribution in [0.25, 0.3) is 0 Å². The average Bonchev–Trinajstić information content (AvgIpc) is 2.27. The van der Waals surface area contributed by atoms with Crippen LogP contribution in [-0.4, -0.2) is 24.9 Å². The van der Waals surface area contributed by atoms with Crippen molar-refractivity contribution in [3.05, 3.63) is 34.9 Å². The van der Waals surface area contributed by atoms with Gasteiger partial charge in [-0.1, -0.05) is 35.5 Å². The summed E-state index contributed by atoms with van der Waals surface area (Å²) in [7, 11) is 1.81. The zero-order valence-corrected chi connectivity index (χ0v) is 12.2. The van der Waals surface area contributed by atoms with Gasteiger partial charge in [0.05, 0.1) is 0 Å². The zero-order chi connectivity index (χ0) is 14.3. The number of thioether (sulfide) groups is 1. The Kier molecular flexibility index (Phi) is 7.04. The minimum Gasteiger partial charge on any atom is -0.319 e. The summed E-state index contributed by atoms with van der Waals surface area (Å²) < 4.78 is 36.3. The maximum atomic E-state index is 12.1. The van der Waals surface area contributed by atoms with E-state index in [0.29, 0.717) is 18.0 Å². The Bertz CT molecular complexity index is 384.